The van der Waals surface area contributed by atoms with Crippen molar-refractivity contribution in [1.82, 2.24) is 0 Å². The fraction of sp³-hybridized carbons (Fsp3) is 0.400. The van der Waals surface area contributed by atoms with Crippen LogP contribution in [0.4, 0.5) is 22.7 Å². The van der Waals surface area contributed by atoms with Crippen LogP contribution in [0.5, 0.6) is 5.75 Å². The first-order valence-corrected chi connectivity index (χ1v) is 11.6. The van der Waals surface area contributed by atoms with Crippen molar-refractivity contribution < 1.29 is 23.4 Å². The molecule has 0 heterocycles. The molecule has 0 saturated carbocycles. The Bertz CT molecular complexity index is 1050. The second-order valence-corrected chi connectivity index (χ2v) is 8.86. The Morgan fingerprint density at radius 3 is 1.94 bits per heavy atom. The molecule has 0 aromatic heterocycles. The number of phenolic OH excluding ortho intramolecular Hbond substituents is 1. The van der Waals surface area contributed by atoms with Crippen molar-refractivity contribution in [2.75, 3.05) is 22.7 Å². The monoisotopic (exact) mass is 466 g/mol. The van der Waals surface area contributed by atoms with Crippen molar-refractivity contribution >= 4 is 32.8 Å². The van der Waals surface area contributed by atoms with E-state index < -0.39 is 36.1 Å². The number of hydrogen-bond acceptors (Lipinski definition) is 8. The van der Waals surface area contributed by atoms with Crippen molar-refractivity contribution in [3.63, 3.8) is 0 Å². The maximum absolute atomic E-state index is 12.8. The lowest BCUT2D eigenvalue weighted by Gasteiger charge is -2.24. The molecule has 0 saturated heterocycles. The van der Waals surface area contributed by atoms with Gasteiger partial charge >= 0.3 is 11.4 Å². The molecule has 0 aliphatic rings. The molecule has 0 unspecified atom stereocenters. The normalized spacial score (nSPS) is 11.2. The summed E-state index contributed by atoms with van der Waals surface area (Å²) < 4.78 is 27.9. The molecule has 2 aromatic carbocycles. The average Bonchev–Trinajstić information content (AvgIpc) is 2.72. The lowest BCUT2D eigenvalue weighted by molar-refractivity contribution is -0.393. The van der Waals surface area contributed by atoms with Crippen molar-refractivity contribution in [3.8, 4) is 5.75 Å². The van der Waals surface area contributed by atoms with Crippen LogP contribution in [-0.2, 0) is 10.0 Å². The molecule has 0 aliphatic carbocycles. The summed E-state index contributed by atoms with van der Waals surface area (Å²) in [6.07, 6.45) is 2.89. The van der Waals surface area contributed by atoms with Gasteiger partial charge in [0.1, 0.15) is 10.6 Å². The number of hydrogen-bond donors (Lipinski definition) is 2. The van der Waals surface area contributed by atoms with E-state index in [4.69, 9.17) is 0 Å². The molecule has 0 amide bonds. The van der Waals surface area contributed by atoms with Crippen molar-refractivity contribution in [2.45, 2.75) is 44.4 Å². The van der Waals surface area contributed by atoms with E-state index in [-0.39, 0.29) is 17.1 Å². The van der Waals surface area contributed by atoms with Gasteiger partial charge in [0.25, 0.3) is 10.0 Å². The summed E-state index contributed by atoms with van der Waals surface area (Å²) >= 11 is 0. The van der Waals surface area contributed by atoms with Crippen LogP contribution in [0, 0.1) is 20.2 Å². The molecule has 174 valence electrons. The van der Waals surface area contributed by atoms with Gasteiger partial charge in [-0.05, 0) is 25.0 Å². The van der Waals surface area contributed by atoms with Crippen LogP contribution in [-0.4, -0.2) is 36.5 Å². The molecule has 2 aromatic rings. The summed E-state index contributed by atoms with van der Waals surface area (Å²) in [6, 6.07) is 6.92. The van der Waals surface area contributed by atoms with Gasteiger partial charge in [0.2, 0.25) is 0 Å². The number of unbranched alkanes of at least 4 members (excludes halogenated alkanes) is 2. The first-order valence-electron chi connectivity index (χ1n) is 10.1. The van der Waals surface area contributed by atoms with Crippen LogP contribution < -0.4 is 9.62 Å². The zero-order valence-corrected chi connectivity index (χ0v) is 18.7. The van der Waals surface area contributed by atoms with Gasteiger partial charge in [0.05, 0.1) is 15.5 Å². The number of nitro groups is 2. The molecule has 0 bridgehead atoms. The van der Waals surface area contributed by atoms with Gasteiger partial charge < -0.3 is 10.0 Å². The minimum atomic E-state index is -4.41. The van der Waals surface area contributed by atoms with Crippen molar-refractivity contribution in [2.24, 2.45) is 0 Å². The first kappa shape index (κ1) is 24.9. The topological polar surface area (TPSA) is 156 Å². The van der Waals surface area contributed by atoms with E-state index >= 15 is 0 Å². The molecule has 32 heavy (non-hydrogen) atoms. The van der Waals surface area contributed by atoms with E-state index in [1.54, 1.807) is 4.90 Å². The van der Waals surface area contributed by atoms with Crippen molar-refractivity contribution in [3.05, 3.63) is 56.6 Å². The summed E-state index contributed by atoms with van der Waals surface area (Å²) in [5, 5.41) is 33.2. The minimum Gasteiger partial charge on any atom is -0.508 e. The summed E-state index contributed by atoms with van der Waals surface area (Å²) in [7, 11) is -4.41. The van der Waals surface area contributed by atoms with Gasteiger partial charge in [-0.15, -0.1) is 0 Å². The molecule has 0 spiro atoms. The van der Waals surface area contributed by atoms with Gasteiger partial charge in [0, 0.05) is 31.3 Å². The molecule has 2 rings (SSSR count). The summed E-state index contributed by atoms with van der Waals surface area (Å²) in [5.41, 5.74) is -1.49. The highest BCUT2D eigenvalue weighted by molar-refractivity contribution is 7.92. The summed E-state index contributed by atoms with van der Waals surface area (Å²) in [4.78, 5) is 23.0. The minimum absolute atomic E-state index is 0.00639. The van der Waals surface area contributed by atoms with E-state index in [2.05, 4.69) is 4.72 Å². The van der Waals surface area contributed by atoms with Gasteiger partial charge in [-0.1, -0.05) is 32.8 Å². The molecule has 0 fully saturated rings. The quantitative estimate of drug-likeness (QED) is 0.344. The summed E-state index contributed by atoms with van der Waals surface area (Å²) in [6.45, 7) is 4.60. The number of aromatic hydroxyl groups is 1. The SMILES string of the molecule is CCCCN(CCCC)c1c([N+](=O)[O-])cc(S(=O)(=O)Nc2cccc(O)c2)cc1[N+](=O)[O-]. The largest absolute Gasteiger partial charge is 0.508 e. The standard InChI is InChI=1S/C20H26N4O7S/c1-3-5-10-22(11-6-4-2)20-18(23(26)27)13-17(14-19(20)24(28)29)32(30,31)21-15-8-7-9-16(25)12-15/h7-9,12-14,21,25H,3-6,10-11H2,1-2H3. The second kappa shape index (κ2) is 10.8. The highest BCUT2D eigenvalue weighted by atomic mass is 32.2. The maximum atomic E-state index is 12.8. The van der Waals surface area contributed by atoms with Gasteiger partial charge in [-0.25, -0.2) is 8.42 Å². The molecule has 2 N–H and O–H groups in total. The van der Waals surface area contributed by atoms with Crippen LogP contribution in [0.15, 0.2) is 41.3 Å². The van der Waals surface area contributed by atoms with Crippen LogP contribution in [0.25, 0.3) is 0 Å². The second-order valence-electron chi connectivity index (χ2n) is 7.17. The number of rotatable bonds is 12. The number of sulfonamides is 1. The van der Waals surface area contributed by atoms with E-state index in [9.17, 15) is 33.8 Å². The smallest absolute Gasteiger partial charge is 0.301 e. The predicted molar refractivity (Wildman–Crippen MR) is 121 cm³/mol. The number of nitrogens with zero attached hydrogens (tertiary/aromatic N) is 3. The zero-order chi connectivity index (χ0) is 23.9. The van der Waals surface area contributed by atoms with Gasteiger partial charge in [-0.3, -0.25) is 25.0 Å². The molecular formula is C20H26N4O7S. The van der Waals surface area contributed by atoms with E-state index in [0.29, 0.717) is 25.9 Å². The molecule has 11 nitrogen and oxygen atoms in total. The number of nitro benzene ring substituents is 2. The van der Waals surface area contributed by atoms with Crippen LogP contribution >= 0.6 is 0 Å². The van der Waals surface area contributed by atoms with Crippen LogP contribution in [0.2, 0.25) is 0 Å². The van der Waals surface area contributed by atoms with Gasteiger partial charge in [-0.2, -0.15) is 0 Å². The first-order chi connectivity index (χ1) is 15.1. The third-order valence-corrected chi connectivity index (χ3v) is 6.09. The van der Waals surface area contributed by atoms with E-state index in [1.807, 2.05) is 13.8 Å². The van der Waals surface area contributed by atoms with Crippen LogP contribution in [0.3, 0.4) is 0 Å². The fourth-order valence-corrected chi connectivity index (χ4v) is 4.24. The molecular weight excluding hydrogens is 440 g/mol. The number of benzene rings is 2. The molecule has 0 atom stereocenters. The van der Waals surface area contributed by atoms with E-state index in [1.165, 1.54) is 18.2 Å². The highest BCUT2D eigenvalue weighted by Gasteiger charge is 2.33. The Labute approximate surface area is 186 Å². The number of phenols is 1. The third kappa shape index (κ3) is 6.06. The van der Waals surface area contributed by atoms with Crippen LogP contribution in [0.1, 0.15) is 39.5 Å². The van der Waals surface area contributed by atoms with Crippen molar-refractivity contribution in [1.29, 1.82) is 0 Å². The fourth-order valence-electron chi connectivity index (χ4n) is 3.15. The van der Waals surface area contributed by atoms with Gasteiger partial charge in [0.15, 0.2) is 5.69 Å². The average molecular weight is 467 g/mol. The highest BCUT2D eigenvalue weighted by Crippen LogP contribution is 2.40. The number of anilines is 2. The Balaban J connectivity index is 2.65. The Morgan fingerprint density at radius 2 is 1.50 bits per heavy atom. The number of nitrogens with one attached hydrogen (secondary N) is 1. The molecule has 12 heteroatoms. The molecule has 0 aliphatic heterocycles. The Kier molecular flexibility index (Phi) is 8.35. The lowest BCUT2D eigenvalue weighted by Crippen LogP contribution is -2.27. The molecule has 0 radical (unpaired) electrons. The maximum Gasteiger partial charge on any atom is 0.301 e. The summed E-state index contributed by atoms with van der Waals surface area (Å²) in [5.74, 6) is -0.194. The Hall–Kier alpha value is -3.41. The van der Waals surface area contributed by atoms with E-state index in [0.717, 1.165) is 31.0 Å². The Morgan fingerprint density at radius 1 is 0.969 bits per heavy atom. The zero-order valence-electron chi connectivity index (χ0n) is 17.9. The third-order valence-electron chi connectivity index (χ3n) is 4.72. The lowest BCUT2D eigenvalue weighted by atomic mass is 10.1. The predicted octanol–water partition coefficient (Wildman–Crippen LogP) is 4.42.